The lowest BCUT2D eigenvalue weighted by atomic mass is 9.90. The minimum absolute atomic E-state index is 0.611. The lowest BCUT2D eigenvalue weighted by Crippen LogP contribution is -2.31. The van der Waals surface area contributed by atoms with Gasteiger partial charge >= 0.3 is 0 Å². The Kier molecular flexibility index (Phi) is 4.04. The summed E-state index contributed by atoms with van der Waals surface area (Å²) >= 11 is 0. The van der Waals surface area contributed by atoms with Crippen LogP contribution in [0.5, 0.6) is 0 Å². The minimum atomic E-state index is 0.611. The molecule has 3 aromatic rings. The van der Waals surface area contributed by atoms with Crippen LogP contribution in [0.25, 0.3) is 22.0 Å². The fourth-order valence-electron chi connectivity index (χ4n) is 4.75. The van der Waals surface area contributed by atoms with Crippen LogP contribution in [-0.4, -0.2) is 0 Å². The van der Waals surface area contributed by atoms with Gasteiger partial charge in [0.2, 0.25) is 5.69 Å². The molecule has 1 heteroatoms. The molecule has 0 N–H and O–H groups in total. The van der Waals surface area contributed by atoms with Gasteiger partial charge in [-0.15, -0.1) is 0 Å². The zero-order valence-corrected chi connectivity index (χ0v) is 16.7. The van der Waals surface area contributed by atoms with Crippen LogP contribution >= 0.6 is 0 Å². The van der Waals surface area contributed by atoms with E-state index in [4.69, 9.17) is 1.37 Å². The minimum Gasteiger partial charge on any atom is -0.200 e. The van der Waals surface area contributed by atoms with Crippen LogP contribution in [0.2, 0.25) is 0 Å². The molecule has 0 saturated heterocycles. The fourth-order valence-corrected chi connectivity index (χ4v) is 4.75. The Bertz CT molecular complexity index is 1040. The van der Waals surface area contributed by atoms with Gasteiger partial charge in [-0.2, -0.15) is 0 Å². The average Bonchev–Trinajstić information content (AvgIpc) is 3.18. The smallest absolute Gasteiger partial charge is 0.200 e. The van der Waals surface area contributed by atoms with Crippen LogP contribution in [-0.2, 0) is 7.05 Å². The maximum Gasteiger partial charge on any atom is 0.220 e. The maximum absolute atomic E-state index is 8.74. The summed E-state index contributed by atoms with van der Waals surface area (Å²) in [5.74, 6) is 0.698. The summed E-state index contributed by atoms with van der Waals surface area (Å²) in [6, 6.07) is 11.5. The van der Waals surface area contributed by atoms with Gasteiger partial charge in [0, 0.05) is 5.56 Å². The van der Waals surface area contributed by atoms with Gasteiger partial charge in [0.05, 0.1) is 10.9 Å². The summed E-state index contributed by atoms with van der Waals surface area (Å²) in [6.07, 6.45) is 5.92. The molecule has 0 spiro atoms. The lowest BCUT2D eigenvalue weighted by Gasteiger charge is -2.15. The monoisotopic (exact) mass is 345 g/mol. The molecule has 1 fully saturated rings. The van der Waals surface area contributed by atoms with Crippen molar-refractivity contribution in [2.24, 2.45) is 7.05 Å². The topological polar surface area (TPSA) is 3.88 Å². The third-order valence-electron chi connectivity index (χ3n) is 6.27. The lowest BCUT2D eigenvalue weighted by molar-refractivity contribution is -0.659. The summed E-state index contributed by atoms with van der Waals surface area (Å²) in [5.41, 5.74) is 8.85. The molecule has 1 saturated carbocycles. The molecule has 0 radical (unpaired) electrons. The molecule has 0 aliphatic heterocycles. The molecular formula is C25H30N+. The molecule has 134 valence electrons. The second kappa shape index (κ2) is 6.54. The zero-order chi connectivity index (χ0) is 19.3. The Morgan fingerprint density at radius 1 is 0.923 bits per heavy atom. The summed E-state index contributed by atoms with van der Waals surface area (Å²) in [7, 11) is 2.03. The third-order valence-corrected chi connectivity index (χ3v) is 6.27. The largest absolute Gasteiger partial charge is 0.220 e. The molecule has 1 aliphatic carbocycles. The van der Waals surface area contributed by atoms with Crippen LogP contribution in [0.15, 0.2) is 36.5 Å². The zero-order valence-electron chi connectivity index (χ0n) is 17.7. The van der Waals surface area contributed by atoms with Crippen molar-refractivity contribution in [1.82, 2.24) is 0 Å². The Labute approximate surface area is 159 Å². The van der Waals surface area contributed by atoms with E-state index in [0.29, 0.717) is 12.1 Å². The maximum atomic E-state index is 8.74. The van der Waals surface area contributed by atoms with E-state index in [-0.39, 0.29) is 0 Å². The number of aryl methyl sites for hydroxylation is 3. The number of aromatic nitrogens is 1. The van der Waals surface area contributed by atoms with Gasteiger partial charge in [-0.05, 0) is 80.7 Å². The van der Waals surface area contributed by atoms with E-state index in [9.17, 15) is 0 Å². The molecule has 1 nitrogen and oxygen atoms in total. The highest BCUT2D eigenvalue weighted by Gasteiger charge is 2.22. The second-order valence-electron chi connectivity index (χ2n) is 8.19. The molecular weight excluding hydrogens is 314 g/mol. The van der Waals surface area contributed by atoms with Crippen LogP contribution < -0.4 is 4.57 Å². The number of rotatable bonds is 2. The average molecular weight is 346 g/mol. The van der Waals surface area contributed by atoms with Crippen molar-refractivity contribution < 1.29 is 5.94 Å². The van der Waals surface area contributed by atoms with Crippen molar-refractivity contribution in [2.45, 2.75) is 59.3 Å². The molecule has 4 rings (SSSR count). The van der Waals surface area contributed by atoms with Crippen molar-refractivity contribution in [1.29, 1.82) is 0 Å². The van der Waals surface area contributed by atoms with Crippen molar-refractivity contribution in [3.8, 4) is 11.3 Å². The van der Waals surface area contributed by atoms with Gasteiger partial charge in [-0.3, -0.25) is 0 Å². The first-order valence-corrected chi connectivity index (χ1v) is 9.89. The van der Waals surface area contributed by atoms with Crippen LogP contribution in [0.4, 0.5) is 0 Å². The van der Waals surface area contributed by atoms with E-state index in [1.54, 1.807) is 0 Å². The summed E-state index contributed by atoms with van der Waals surface area (Å²) < 4.78 is 10.8. The number of pyridine rings is 1. The molecule has 1 aromatic heterocycles. The summed E-state index contributed by atoms with van der Waals surface area (Å²) in [5, 5.41) is 2.51. The highest BCUT2D eigenvalue weighted by Crippen LogP contribution is 2.37. The molecule has 2 aromatic carbocycles. The first-order valence-electron chi connectivity index (χ1n) is 10.4. The highest BCUT2D eigenvalue weighted by atomic mass is 14.9. The molecule has 1 aliphatic rings. The van der Waals surface area contributed by atoms with Crippen molar-refractivity contribution in [2.75, 3.05) is 0 Å². The van der Waals surface area contributed by atoms with Crippen molar-refractivity contribution in [3.05, 3.63) is 64.3 Å². The number of hydrogen-bond donors (Lipinski definition) is 0. The van der Waals surface area contributed by atoms with Gasteiger partial charge in [-0.1, -0.05) is 36.6 Å². The highest BCUT2D eigenvalue weighted by molar-refractivity contribution is 5.96. The van der Waals surface area contributed by atoms with E-state index in [0.717, 1.165) is 5.56 Å². The van der Waals surface area contributed by atoms with Crippen LogP contribution in [0, 0.1) is 27.7 Å². The summed E-state index contributed by atoms with van der Waals surface area (Å²) in [4.78, 5) is 0. The van der Waals surface area contributed by atoms with Crippen molar-refractivity contribution in [3.63, 3.8) is 0 Å². The first kappa shape index (κ1) is 16.1. The molecule has 0 unspecified atom stereocenters. The molecule has 0 bridgehead atoms. The molecule has 26 heavy (non-hydrogen) atoms. The Hall–Kier alpha value is -2.15. The molecule has 0 atom stereocenters. The Balaban J connectivity index is 2.03. The SMILES string of the molecule is [2H]c1c(C)c2cc(C3CCCC3)ccc2c(-c2cc(C)cc(C)c2C)[n+]1C. The summed E-state index contributed by atoms with van der Waals surface area (Å²) in [6.45, 7) is 8.64. The molecule has 1 heterocycles. The number of hydrogen-bond acceptors (Lipinski definition) is 0. The second-order valence-corrected chi connectivity index (χ2v) is 8.19. The Morgan fingerprint density at radius 2 is 1.65 bits per heavy atom. The number of benzene rings is 2. The number of nitrogens with zero attached hydrogens (tertiary/aromatic N) is 1. The van der Waals surface area contributed by atoms with E-state index < -0.39 is 0 Å². The van der Waals surface area contributed by atoms with E-state index >= 15 is 0 Å². The fraction of sp³-hybridized carbons (Fsp3) is 0.400. The Morgan fingerprint density at radius 3 is 2.38 bits per heavy atom. The number of fused-ring (bicyclic) bond motifs is 1. The van der Waals surface area contributed by atoms with E-state index in [1.807, 2.05) is 7.05 Å². The standard InChI is InChI=1S/C25H30N/c1-16-12-17(2)19(4)24(13-16)25-22-11-10-21(20-8-6-7-9-20)14-23(22)18(3)15-26(25)5/h10-15,20H,6-9H2,1-5H3/q+1/i15D. The van der Waals surface area contributed by atoms with Crippen LogP contribution in [0.3, 0.4) is 0 Å². The van der Waals surface area contributed by atoms with Gasteiger partial charge in [0.1, 0.15) is 8.42 Å². The molecule has 0 amide bonds. The normalized spacial score (nSPS) is 15.7. The predicted molar refractivity (Wildman–Crippen MR) is 111 cm³/mol. The van der Waals surface area contributed by atoms with E-state index in [1.165, 1.54) is 70.0 Å². The van der Waals surface area contributed by atoms with Gasteiger partial charge in [0.15, 0.2) is 6.17 Å². The first-order chi connectivity index (χ1) is 12.9. The van der Waals surface area contributed by atoms with E-state index in [2.05, 4.69) is 62.6 Å². The van der Waals surface area contributed by atoms with Gasteiger partial charge in [-0.25, -0.2) is 4.57 Å². The van der Waals surface area contributed by atoms with Crippen LogP contribution in [0.1, 0.15) is 60.8 Å². The third kappa shape index (κ3) is 2.84. The van der Waals surface area contributed by atoms with Crippen molar-refractivity contribution >= 4 is 10.8 Å². The quantitative estimate of drug-likeness (QED) is 0.485. The van der Waals surface area contributed by atoms with Gasteiger partial charge < -0.3 is 0 Å². The predicted octanol–water partition coefficient (Wildman–Crippen LogP) is 6.22. The van der Waals surface area contributed by atoms with Gasteiger partial charge in [0.25, 0.3) is 0 Å².